The molecule has 3 heterocycles. The Morgan fingerprint density at radius 2 is 1.66 bits per heavy atom. The Hall–Kier alpha value is -3.56. The third-order valence-corrected chi connectivity index (χ3v) is 10.3. The molecule has 7 rings (SSSR count). The first kappa shape index (κ1) is 26.3. The smallest absolute Gasteiger partial charge is 0.203 e. The van der Waals surface area contributed by atoms with Gasteiger partial charge in [0.25, 0.3) is 0 Å². The average molecular weight is 556 g/mol. The lowest BCUT2D eigenvalue weighted by atomic mass is 9.86. The van der Waals surface area contributed by atoms with E-state index >= 15 is 0 Å². The number of hydrogen-bond acceptors (Lipinski definition) is 1. The van der Waals surface area contributed by atoms with E-state index in [1.807, 2.05) is 11.8 Å². The summed E-state index contributed by atoms with van der Waals surface area (Å²) in [6.45, 7) is 13.7. The molecule has 5 aromatic rings. The second kappa shape index (κ2) is 9.49. The Morgan fingerprint density at radius 1 is 0.878 bits per heavy atom. The van der Waals surface area contributed by atoms with E-state index in [-0.39, 0.29) is 5.41 Å². The highest BCUT2D eigenvalue weighted by atomic mass is 32.2. The van der Waals surface area contributed by atoms with Crippen molar-refractivity contribution in [3.63, 3.8) is 0 Å². The minimum absolute atomic E-state index is 0.204. The van der Waals surface area contributed by atoms with Gasteiger partial charge in [-0.05, 0) is 85.2 Å². The van der Waals surface area contributed by atoms with Crippen molar-refractivity contribution in [1.82, 2.24) is 4.57 Å². The highest BCUT2D eigenvalue weighted by molar-refractivity contribution is 8.01. The van der Waals surface area contributed by atoms with Gasteiger partial charge in [0, 0.05) is 32.8 Å². The lowest BCUT2D eigenvalue weighted by molar-refractivity contribution is -0.424. The van der Waals surface area contributed by atoms with E-state index in [0.29, 0.717) is 11.2 Å². The first-order valence-corrected chi connectivity index (χ1v) is 15.7. The fraction of sp³-hybridized carbons (Fsp3) is 0.289. The summed E-state index contributed by atoms with van der Waals surface area (Å²) in [5, 5.41) is 3.03. The van der Waals surface area contributed by atoms with Crippen molar-refractivity contribution < 1.29 is 4.58 Å². The molecule has 0 aliphatic carbocycles. The Kier molecular flexibility index (Phi) is 6.10. The van der Waals surface area contributed by atoms with Crippen LogP contribution in [0.1, 0.15) is 60.1 Å². The standard InChI is InChI=1S/C38H39N2S/c1-23-19-24(2)25(3)32(20-23)36-37-31(17-18-39(36)7)29-16-15-27(21-34(29)41-37)40-33-14-9-8-12-28(33)30-13-10-11-26(35(30)40)22-38(4,5)6/h8-21,31,37H,22H2,1-7H3/q+1. The van der Waals surface area contributed by atoms with Gasteiger partial charge in [0.2, 0.25) is 5.71 Å². The molecule has 2 nitrogen and oxygen atoms in total. The summed E-state index contributed by atoms with van der Waals surface area (Å²) in [5.74, 6) is 0.380. The Labute approximate surface area is 248 Å². The fourth-order valence-corrected chi connectivity index (χ4v) is 8.66. The molecule has 0 saturated heterocycles. The number of allylic oxidation sites excluding steroid dienone is 1. The minimum atomic E-state index is 0.204. The number of aromatic nitrogens is 1. The molecule has 0 saturated carbocycles. The van der Waals surface area contributed by atoms with E-state index in [9.17, 15) is 0 Å². The van der Waals surface area contributed by atoms with Gasteiger partial charge >= 0.3 is 0 Å². The third-order valence-electron chi connectivity index (χ3n) is 8.95. The maximum atomic E-state index is 2.52. The largest absolute Gasteiger partial charge is 0.309 e. The number of rotatable bonds is 3. The molecule has 41 heavy (non-hydrogen) atoms. The van der Waals surface area contributed by atoms with Crippen LogP contribution in [0, 0.1) is 26.2 Å². The molecule has 2 aliphatic heterocycles. The molecule has 0 N–H and O–H groups in total. The zero-order valence-electron chi connectivity index (χ0n) is 25.2. The van der Waals surface area contributed by atoms with Crippen LogP contribution in [-0.4, -0.2) is 27.2 Å². The van der Waals surface area contributed by atoms with E-state index in [1.54, 1.807) is 0 Å². The maximum absolute atomic E-state index is 2.52. The van der Waals surface area contributed by atoms with Crippen molar-refractivity contribution in [3.05, 3.63) is 118 Å². The number of thioether (sulfide) groups is 1. The zero-order chi connectivity index (χ0) is 28.6. The summed E-state index contributed by atoms with van der Waals surface area (Å²) in [6, 6.07) is 27.7. The Bertz CT molecular complexity index is 1930. The number of para-hydroxylation sites is 2. The van der Waals surface area contributed by atoms with Crippen LogP contribution < -0.4 is 0 Å². The molecule has 0 bridgehead atoms. The molecular weight excluding hydrogens is 516 g/mol. The van der Waals surface area contributed by atoms with Crippen molar-refractivity contribution in [2.24, 2.45) is 5.41 Å². The van der Waals surface area contributed by atoms with Gasteiger partial charge in [0.15, 0.2) is 6.20 Å². The van der Waals surface area contributed by atoms with Crippen LogP contribution in [0.5, 0.6) is 0 Å². The second-order valence-electron chi connectivity index (χ2n) is 13.3. The molecule has 4 aromatic carbocycles. The van der Waals surface area contributed by atoms with Gasteiger partial charge in [-0.1, -0.05) is 74.9 Å². The molecule has 2 unspecified atom stereocenters. The van der Waals surface area contributed by atoms with Gasteiger partial charge < -0.3 is 4.57 Å². The minimum Gasteiger partial charge on any atom is -0.309 e. The van der Waals surface area contributed by atoms with E-state index in [2.05, 4.69) is 143 Å². The molecule has 2 atom stereocenters. The van der Waals surface area contributed by atoms with Gasteiger partial charge in [-0.2, -0.15) is 0 Å². The predicted molar refractivity (Wildman–Crippen MR) is 176 cm³/mol. The topological polar surface area (TPSA) is 7.94 Å². The molecule has 0 fully saturated rings. The SMILES string of the molecule is Cc1cc(C)c(C)c(C2=[N+](C)C=CC3c4ccc(-n5c6ccccc6c6cccc(CC(C)(C)C)c65)cc4SC23)c1. The average Bonchev–Trinajstić information content (AvgIpc) is 3.46. The molecule has 0 amide bonds. The maximum Gasteiger partial charge on any atom is 0.203 e. The molecular formula is C38H39N2S+. The first-order valence-electron chi connectivity index (χ1n) is 14.8. The second-order valence-corrected chi connectivity index (χ2v) is 14.5. The van der Waals surface area contributed by atoms with Gasteiger partial charge in [-0.3, -0.25) is 0 Å². The molecule has 2 aliphatic rings. The predicted octanol–water partition coefficient (Wildman–Crippen LogP) is 9.51. The van der Waals surface area contributed by atoms with Crippen molar-refractivity contribution in [2.75, 3.05) is 7.05 Å². The van der Waals surface area contributed by atoms with Crippen LogP contribution in [0.3, 0.4) is 0 Å². The Morgan fingerprint density at radius 3 is 2.46 bits per heavy atom. The summed E-state index contributed by atoms with van der Waals surface area (Å²) >= 11 is 2.04. The molecule has 1 aromatic heterocycles. The zero-order valence-corrected chi connectivity index (χ0v) is 26.1. The van der Waals surface area contributed by atoms with E-state index < -0.39 is 0 Å². The number of fused-ring (bicyclic) bond motifs is 6. The third kappa shape index (κ3) is 4.28. The molecule has 0 radical (unpaired) electrons. The molecule has 206 valence electrons. The van der Waals surface area contributed by atoms with Gasteiger partial charge in [0.05, 0.1) is 11.0 Å². The Balaban J connectivity index is 1.38. The van der Waals surface area contributed by atoms with Crippen molar-refractivity contribution >= 4 is 39.3 Å². The van der Waals surface area contributed by atoms with Crippen LogP contribution >= 0.6 is 11.8 Å². The van der Waals surface area contributed by atoms with Crippen LogP contribution in [-0.2, 0) is 6.42 Å². The first-order chi connectivity index (χ1) is 19.6. The van der Waals surface area contributed by atoms with Crippen LogP contribution in [0.2, 0.25) is 0 Å². The van der Waals surface area contributed by atoms with E-state index in [4.69, 9.17) is 0 Å². The summed E-state index contributed by atoms with van der Waals surface area (Å²) in [5.41, 5.74) is 13.8. The number of hydrogen-bond donors (Lipinski definition) is 0. The summed E-state index contributed by atoms with van der Waals surface area (Å²) in [7, 11) is 2.21. The van der Waals surface area contributed by atoms with Crippen LogP contribution in [0.4, 0.5) is 0 Å². The summed E-state index contributed by atoms with van der Waals surface area (Å²) in [6.07, 6.45) is 5.73. The monoisotopic (exact) mass is 555 g/mol. The van der Waals surface area contributed by atoms with E-state index in [1.165, 1.54) is 71.5 Å². The van der Waals surface area contributed by atoms with Gasteiger partial charge in [-0.25, -0.2) is 4.58 Å². The van der Waals surface area contributed by atoms with Crippen molar-refractivity contribution in [3.8, 4) is 5.69 Å². The number of aryl methyl sites for hydroxylation is 2. The van der Waals surface area contributed by atoms with Crippen LogP contribution in [0.25, 0.3) is 27.5 Å². The van der Waals surface area contributed by atoms with Crippen molar-refractivity contribution in [1.29, 1.82) is 0 Å². The quantitative estimate of drug-likeness (QED) is 0.201. The molecule has 0 spiro atoms. The highest BCUT2D eigenvalue weighted by Gasteiger charge is 2.43. The lowest BCUT2D eigenvalue weighted by Crippen LogP contribution is -2.32. The summed E-state index contributed by atoms with van der Waals surface area (Å²) in [4.78, 5) is 1.40. The van der Waals surface area contributed by atoms with Gasteiger partial charge in [-0.15, -0.1) is 11.8 Å². The number of nitrogens with zero attached hydrogens (tertiary/aromatic N) is 2. The molecule has 3 heteroatoms. The fourth-order valence-electron chi connectivity index (χ4n) is 7.07. The number of benzene rings is 4. The summed E-state index contributed by atoms with van der Waals surface area (Å²) < 4.78 is 4.88. The van der Waals surface area contributed by atoms with Crippen LogP contribution in [0.15, 0.2) is 90.0 Å². The highest BCUT2D eigenvalue weighted by Crippen LogP contribution is 2.50. The van der Waals surface area contributed by atoms with Crippen molar-refractivity contribution in [2.45, 2.75) is 64.0 Å². The van der Waals surface area contributed by atoms with Gasteiger partial charge in [0.1, 0.15) is 12.3 Å². The lowest BCUT2D eigenvalue weighted by Gasteiger charge is -2.22. The van der Waals surface area contributed by atoms with E-state index in [0.717, 1.165) is 6.42 Å². The normalized spacial score (nSPS) is 18.4.